The Morgan fingerprint density at radius 1 is 1.53 bits per heavy atom. The molecule has 0 spiro atoms. The molecule has 1 saturated heterocycles. The van der Waals surface area contributed by atoms with Crippen LogP contribution in [0.15, 0.2) is 16.5 Å². The van der Waals surface area contributed by atoms with Gasteiger partial charge < -0.3 is 14.4 Å². The average Bonchev–Trinajstić information content (AvgIpc) is 2.68. The number of likely N-dealkylation sites (tertiary alicyclic amines) is 1. The van der Waals surface area contributed by atoms with Gasteiger partial charge in [-0.3, -0.25) is 4.79 Å². The molecule has 17 heavy (non-hydrogen) atoms. The van der Waals surface area contributed by atoms with Crippen molar-refractivity contribution in [1.29, 1.82) is 0 Å². The zero-order valence-electron chi connectivity index (χ0n) is 10.6. The van der Waals surface area contributed by atoms with Crippen LogP contribution in [0.1, 0.15) is 36.6 Å². The van der Waals surface area contributed by atoms with Gasteiger partial charge in [-0.25, -0.2) is 0 Å². The number of carbonyl (C=O) groups excluding carboxylic acids is 1. The molecular weight excluding hydrogens is 218 g/mol. The van der Waals surface area contributed by atoms with E-state index in [4.69, 9.17) is 4.42 Å². The minimum Gasteiger partial charge on any atom is -0.456 e. The molecule has 1 N–H and O–H groups in total. The SMILES string of the molecule is Cc1ccc(C(=O)N2CCC(C)(C)C(O)C2)o1. The molecule has 1 atom stereocenters. The van der Waals surface area contributed by atoms with Crippen molar-refractivity contribution >= 4 is 5.91 Å². The van der Waals surface area contributed by atoms with E-state index < -0.39 is 6.10 Å². The van der Waals surface area contributed by atoms with Crippen molar-refractivity contribution in [3.63, 3.8) is 0 Å². The molecule has 1 fully saturated rings. The van der Waals surface area contributed by atoms with E-state index in [-0.39, 0.29) is 11.3 Å². The molecule has 1 aromatic rings. The molecule has 0 radical (unpaired) electrons. The number of piperidine rings is 1. The number of β-amino-alcohol motifs (C(OH)–C–C–N with tert-alkyl or cyclic N) is 1. The maximum absolute atomic E-state index is 12.1. The highest BCUT2D eigenvalue weighted by Crippen LogP contribution is 2.30. The van der Waals surface area contributed by atoms with Gasteiger partial charge in [-0.2, -0.15) is 0 Å². The summed E-state index contributed by atoms with van der Waals surface area (Å²) in [5.41, 5.74) is -0.115. The summed E-state index contributed by atoms with van der Waals surface area (Å²) in [5, 5.41) is 9.98. The van der Waals surface area contributed by atoms with Crippen LogP contribution in [0.4, 0.5) is 0 Å². The van der Waals surface area contributed by atoms with Gasteiger partial charge in [0.05, 0.1) is 6.10 Å². The van der Waals surface area contributed by atoms with Crippen molar-refractivity contribution in [2.75, 3.05) is 13.1 Å². The first-order chi connectivity index (χ1) is 7.90. The summed E-state index contributed by atoms with van der Waals surface area (Å²) < 4.78 is 5.31. The van der Waals surface area contributed by atoms with Gasteiger partial charge >= 0.3 is 0 Å². The van der Waals surface area contributed by atoms with E-state index in [1.54, 1.807) is 17.0 Å². The third kappa shape index (κ3) is 2.36. The van der Waals surface area contributed by atoms with Crippen LogP contribution in [0.25, 0.3) is 0 Å². The van der Waals surface area contributed by atoms with Gasteiger partial charge in [0, 0.05) is 13.1 Å². The topological polar surface area (TPSA) is 53.7 Å². The van der Waals surface area contributed by atoms with E-state index in [0.29, 0.717) is 18.8 Å². The fourth-order valence-corrected chi connectivity index (χ4v) is 2.03. The minimum atomic E-state index is -0.476. The van der Waals surface area contributed by atoms with Gasteiger partial charge in [-0.05, 0) is 30.9 Å². The van der Waals surface area contributed by atoms with Crippen molar-refractivity contribution in [3.05, 3.63) is 23.7 Å². The largest absolute Gasteiger partial charge is 0.456 e. The molecule has 94 valence electrons. The van der Waals surface area contributed by atoms with Gasteiger partial charge in [0.25, 0.3) is 5.91 Å². The highest BCUT2D eigenvalue weighted by Gasteiger charge is 2.36. The third-order valence-corrected chi connectivity index (χ3v) is 3.56. The van der Waals surface area contributed by atoms with Crippen LogP contribution in [-0.2, 0) is 0 Å². The number of amides is 1. The number of nitrogens with zero attached hydrogens (tertiary/aromatic N) is 1. The molecule has 1 aliphatic rings. The molecule has 0 saturated carbocycles. The molecule has 1 aliphatic heterocycles. The molecule has 0 aromatic carbocycles. The maximum Gasteiger partial charge on any atom is 0.289 e. The summed E-state index contributed by atoms with van der Waals surface area (Å²) in [5.74, 6) is 0.952. The number of rotatable bonds is 1. The lowest BCUT2D eigenvalue weighted by molar-refractivity contribution is -0.0200. The second-order valence-electron chi connectivity index (χ2n) is 5.42. The zero-order chi connectivity index (χ0) is 12.6. The van der Waals surface area contributed by atoms with E-state index in [9.17, 15) is 9.90 Å². The first kappa shape index (κ1) is 12.2. The standard InChI is InChI=1S/C13H19NO3/c1-9-4-5-10(17-9)12(16)14-7-6-13(2,3)11(15)8-14/h4-5,11,15H,6-8H2,1-3H3. The second-order valence-corrected chi connectivity index (χ2v) is 5.42. The monoisotopic (exact) mass is 237 g/mol. The summed E-state index contributed by atoms with van der Waals surface area (Å²) in [6.07, 6.45) is 0.329. The van der Waals surface area contributed by atoms with Crippen LogP contribution in [0, 0.1) is 12.3 Å². The number of furan rings is 1. The molecule has 2 heterocycles. The molecule has 0 aliphatic carbocycles. The Kier molecular flexibility index (Phi) is 3.00. The van der Waals surface area contributed by atoms with E-state index in [1.165, 1.54) is 0 Å². The minimum absolute atomic E-state index is 0.115. The Morgan fingerprint density at radius 2 is 2.24 bits per heavy atom. The Bertz CT molecular complexity index is 422. The Labute approximate surface area is 101 Å². The first-order valence-electron chi connectivity index (χ1n) is 5.94. The van der Waals surface area contributed by atoms with Gasteiger partial charge in [0.15, 0.2) is 5.76 Å². The Balaban J connectivity index is 2.08. The first-order valence-corrected chi connectivity index (χ1v) is 5.94. The third-order valence-electron chi connectivity index (χ3n) is 3.56. The van der Waals surface area contributed by atoms with Crippen molar-refractivity contribution in [3.8, 4) is 0 Å². The van der Waals surface area contributed by atoms with Gasteiger partial charge in [0.2, 0.25) is 0 Å². The molecule has 4 heteroatoms. The van der Waals surface area contributed by atoms with Crippen LogP contribution < -0.4 is 0 Å². The maximum atomic E-state index is 12.1. The summed E-state index contributed by atoms with van der Waals surface area (Å²) in [7, 11) is 0. The van der Waals surface area contributed by atoms with Crippen LogP contribution in [0.2, 0.25) is 0 Å². The van der Waals surface area contributed by atoms with Gasteiger partial charge in [-0.15, -0.1) is 0 Å². The predicted octanol–water partition coefficient (Wildman–Crippen LogP) is 1.82. The lowest BCUT2D eigenvalue weighted by atomic mass is 9.80. The van der Waals surface area contributed by atoms with Crippen molar-refractivity contribution in [1.82, 2.24) is 4.90 Å². The summed E-state index contributed by atoms with van der Waals surface area (Å²) in [4.78, 5) is 13.8. The predicted molar refractivity (Wildman–Crippen MR) is 63.8 cm³/mol. The summed E-state index contributed by atoms with van der Waals surface area (Å²) in [6.45, 7) is 6.91. The van der Waals surface area contributed by atoms with Crippen LogP contribution in [-0.4, -0.2) is 35.1 Å². The molecular formula is C13H19NO3. The number of hydrogen-bond acceptors (Lipinski definition) is 3. The molecule has 1 amide bonds. The van der Waals surface area contributed by atoms with Crippen molar-refractivity contribution in [2.45, 2.75) is 33.3 Å². The summed E-state index contributed by atoms with van der Waals surface area (Å²) in [6, 6.07) is 3.46. The fraction of sp³-hybridized carbons (Fsp3) is 0.615. The van der Waals surface area contributed by atoms with E-state index in [2.05, 4.69) is 0 Å². The average molecular weight is 237 g/mol. The van der Waals surface area contributed by atoms with Crippen molar-refractivity contribution in [2.24, 2.45) is 5.41 Å². The fourth-order valence-electron chi connectivity index (χ4n) is 2.03. The Hall–Kier alpha value is -1.29. The van der Waals surface area contributed by atoms with E-state index >= 15 is 0 Å². The molecule has 0 bridgehead atoms. The van der Waals surface area contributed by atoms with E-state index in [1.807, 2.05) is 20.8 Å². The number of carbonyl (C=O) groups is 1. The number of aliphatic hydroxyl groups excluding tert-OH is 1. The molecule has 1 unspecified atom stereocenters. The normalized spacial score (nSPS) is 23.8. The van der Waals surface area contributed by atoms with Gasteiger partial charge in [0.1, 0.15) is 5.76 Å². The van der Waals surface area contributed by atoms with Crippen LogP contribution >= 0.6 is 0 Å². The molecule has 4 nitrogen and oxygen atoms in total. The lowest BCUT2D eigenvalue weighted by Gasteiger charge is -2.40. The highest BCUT2D eigenvalue weighted by molar-refractivity contribution is 5.91. The zero-order valence-corrected chi connectivity index (χ0v) is 10.6. The smallest absolute Gasteiger partial charge is 0.289 e. The number of aryl methyl sites for hydroxylation is 1. The second kappa shape index (κ2) is 4.18. The lowest BCUT2D eigenvalue weighted by Crippen LogP contribution is -2.50. The number of hydrogen-bond donors (Lipinski definition) is 1. The summed E-state index contributed by atoms with van der Waals surface area (Å²) >= 11 is 0. The number of aliphatic hydroxyl groups is 1. The quantitative estimate of drug-likeness (QED) is 0.810. The molecule has 1 aromatic heterocycles. The van der Waals surface area contributed by atoms with Crippen molar-refractivity contribution < 1.29 is 14.3 Å². The van der Waals surface area contributed by atoms with Crippen LogP contribution in [0.3, 0.4) is 0 Å². The van der Waals surface area contributed by atoms with E-state index in [0.717, 1.165) is 12.2 Å². The van der Waals surface area contributed by atoms with Crippen LogP contribution in [0.5, 0.6) is 0 Å². The van der Waals surface area contributed by atoms with Gasteiger partial charge in [-0.1, -0.05) is 13.8 Å². The highest BCUT2D eigenvalue weighted by atomic mass is 16.3. The Morgan fingerprint density at radius 3 is 2.76 bits per heavy atom. The molecule has 2 rings (SSSR count).